The maximum atomic E-state index is 13.1. The molecule has 5 nitrogen and oxygen atoms in total. The highest BCUT2D eigenvalue weighted by atomic mass is 32.2. The molecule has 3 rings (SSSR count). The van der Waals surface area contributed by atoms with Crippen LogP contribution in [0.3, 0.4) is 0 Å². The number of halogens is 2. The van der Waals surface area contributed by atoms with Crippen molar-refractivity contribution in [1.82, 2.24) is 10.2 Å². The van der Waals surface area contributed by atoms with Gasteiger partial charge in [0.05, 0.1) is 4.90 Å². The van der Waals surface area contributed by atoms with Crippen LogP contribution in [-0.2, 0) is 0 Å². The summed E-state index contributed by atoms with van der Waals surface area (Å²) >= 11 is 0.877. The molecule has 1 aliphatic heterocycles. The fourth-order valence-electron chi connectivity index (χ4n) is 1.75. The van der Waals surface area contributed by atoms with Crippen LogP contribution in [0.15, 0.2) is 29.3 Å². The highest BCUT2D eigenvalue weighted by Crippen LogP contribution is 2.47. The van der Waals surface area contributed by atoms with Gasteiger partial charge in [0.1, 0.15) is 11.1 Å². The molecule has 0 saturated heterocycles. The van der Waals surface area contributed by atoms with Crippen molar-refractivity contribution < 1.29 is 18.3 Å². The van der Waals surface area contributed by atoms with Crippen molar-refractivity contribution in [2.24, 2.45) is 0 Å². The average Bonchev–Trinajstić information content (AvgIpc) is 2.91. The molecule has 19 heavy (non-hydrogen) atoms. The van der Waals surface area contributed by atoms with Crippen LogP contribution in [0.5, 0.6) is 11.5 Å². The van der Waals surface area contributed by atoms with Crippen molar-refractivity contribution >= 4 is 11.8 Å². The van der Waals surface area contributed by atoms with E-state index >= 15 is 0 Å². The van der Waals surface area contributed by atoms with Crippen molar-refractivity contribution in [1.29, 1.82) is 5.26 Å². The van der Waals surface area contributed by atoms with Crippen molar-refractivity contribution in [3.63, 3.8) is 0 Å². The lowest BCUT2D eigenvalue weighted by Gasteiger charge is -2.06. The molecule has 0 saturated carbocycles. The van der Waals surface area contributed by atoms with E-state index in [1.54, 1.807) is 12.1 Å². The SMILES string of the molecule is N#CSc1c[nH]nc1-c1cccc2c1OC(F)(F)O2. The molecule has 0 aliphatic carbocycles. The van der Waals surface area contributed by atoms with Gasteiger partial charge in [0, 0.05) is 11.8 Å². The van der Waals surface area contributed by atoms with Crippen LogP contribution >= 0.6 is 11.8 Å². The first-order chi connectivity index (χ1) is 9.11. The molecule has 0 spiro atoms. The third kappa shape index (κ3) is 1.98. The number of hydrogen-bond acceptors (Lipinski definition) is 5. The van der Waals surface area contributed by atoms with Crippen molar-refractivity contribution in [3.8, 4) is 28.2 Å². The summed E-state index contributed by atoms with van der Waals surface area (Å²) in [5, 5.41) is 17.1. The smallest absolute Gasteiger partial charge is 0.395 e. The summed E-state index contributed by atoms with van der Waals surface area (Å²) in [6.45, 7) is 0. The largest absolute Gasteiger partial charge is 0.586 e. The molecule has 0 atom stereocenters. The van der Waals surface area contributed by atoms with E-state index < -0.39 is 6.29 Å². The van der Waals surface area contributed by atoms with Gasteiger partial charge in [0.2, 0.25) is 0 Å². The van der Waals surface area contributed by atoms with Gasteiger partial charge in [-0.15, -0.1) is 8.78 Å². The van der Waals surface area contributed by atoms with E-state index in [4.69, 9.17) is 5.26 Å². The molecule has 1 aromatic carbocycles. The summed E-state index contributed by atoms with van der Waals surface area (Å²) in [6, 6.07) is 4.50. The van der Waals surface area contributed by atoms with E-state index in [2.05, 4.69) is 19.7 Å². The summed E-state index contributed by atoms with van der Waals surface area (Å²) in [7, 11) is 0. The molecule has 1 aromatic heterocycles. The molecule has 0 amide bonds. The Bertz CT molecular complexity index is 681. The minimum Gasteiger partial charge on any atom is -0.395 e. The van der Waals surface area contributed by atoms with Gasteiger partial charge in [-0.05, 0) is 23.9 Å². The molecule has 0 radical (unpaired) electrons. The lowest BCUT2D eigenvalue weighted by Crippen LogP contribution is -2.26. The van der Waals surface area contributed by atoms with Gasteiger partial charge in [-0.2, -0.15) is 10.4 Å². The molecular formula is C11H5F2N3O2S. The zero-order valence-corrected chi connectivity index (χ0v) is 10.0. The topological polar surface area (TPSA) is 70.9 Å². The Kier molecular flexibility index (Phi) is 2.57. The number of fused-ring (bicyclic) bond motifs is 1. The number of aromatic amines is 1. The van der Waals surface area contributed by atoms with Gasteiger partial charge in [0.25, 0.3) is 0 Å². The summed E-state index contributed by atoms with van der Waals surface area (Å²) in [5.41, 5.74) is 0.707. The van der Waals surface area contributed by atoms with E-state index in [1.165, 1.54) is 12.3 Å². The highest BCUT2D eigenvalue weighted by molar-refractivity contribution is 8.03. The number of aromatic nitrogens is 2. The summed E-state index contributed by atoms with van der Waals surface area (Å²) in [5.74, 6) is -0.141. The molecular weight excluding hydrogens is 276 g/mol. The summed E-state index contributed by atoms with van der Waals surface area (Å²) in [6.07, 6.45) is -2.17. The molecule has 0 bridgehead atoms. The number of ether oxygens (including phenoxy) is 2. The second-order valence-electron chi connectivity index (χ2n) is 3.59. The number of para-hydroxylation sites is 1. The van der Waals surface area contributed by atoms with Crippen molar-refractivity contribution in [3.05, 3.63) is 24.4 Å². The minimum absolute atomic E-state index is 0.0570. The van der Waals surface area contributed by atoms with E-state index in [9.17, 15) is 8.78 Å². The molecule has 2 aromatic rings. The molecule has 8 heteroatoms. The Hall–Kier alpha value is -2.27. The van der Waals surface area contributed by atoms with Gasteiger partial charge < -0.3 is 9.47 Å². The van der Waals surface area contributed by atoms with E-state index in [0.29, 0.717) is 16.2 Å². The lowest BCUT2D eigenvalue weighted by molar-refractivity contribution is -0.286. The number of benzene rings is 1. The number of alkyl halides is 2. The summed E-state index contributed by atoms with van der Waals surface area (Å²) < 4.78 is 35.0. The van der Waals surface area contributed by atoms with Gasteiger partial charge in [-0.25, -0.2) is 0 Å². The number of thiocyanates is 1. The van der Waals surface area contributed by atoms with Crippen molar-refractivity contribution in [2.45, 2.75) is 11.2 Å². The Morgan fingerprint density at radius 3 is 3.00 bits per heavy atom. The fourth-order valence-corrected chi connectivity index (χ4v) is 2.22. The Morgan fingerprint density at radius 1 is 1.37 bits per heavy atom. The van der Waals surface area contributed by atoms with Crippen LogP contribution in [0, 0.1) is 10.7 Å². The van der Waals surface area contributed by atoms with Gasteiger partial charge in [0.15, 0.2) is 11.5 Å². The second kappa shape index (κ2) is 4.13. The molecule has 1 aliphatic rings. The minimum atomic E-state index is -3.68. The zero-order chi connectivity index (χ0) is 13.5. The van der Waals surface area contributed by atoms with Crippen LogP contribution < -0.4 is 9.47 Å². The van der Waals surface area contributed by atoms with Crippen LogP contribution in [0.25, 0.3) is 11.3 Å². The fraction of sp³-hybridized carbons (Fsp3) is 0.0909. The zero-order valence-electron chi connectivity index (χ0n) is 9.18. The Morgan fingerprint density at radius 2 is 2.21 bits per heavy atom. The quantitative estimate of drug-likeness (QED) is 0.677. The van der Waals surface area contributed by atoms with E-state index in [1.807, 2.05) is 5.40 Å². The normalized spacial score (nSPS) is 15.2. The monoisotopic (exact) mass is 281 g/mol. The lowest BCUT2D eigenvalue weighted by atomic mass is 10.1. The maximum absolute atomic E-state index is 13.1. The Labute approximate surface area is 110 Å². The number of nitriles is 1. The number of rotatable bonds is 2. The predicted octanol–water partition coefficient (Wildman–Crippen LogP) is 2.97. The Balaban J connectivity index is 2.11. The van der Waals surface area contributed by atoms with E-state index in [-0.39, 0.29) is 11.5 Å². The third-order valence-corrected chi connectivity index (χ3v) is 3.07. The number of H-pyrrole nitrogens is 1. The number of thioether (sulfide) groups is 1. The van der Waals surface area contributed by atoms with Crippen LogP contribution in [0.2, 0.25) is 0 Å². The second-order valence-corrected chi connectivity index (χ2v) is 4.42. The molecule has 0 unspecified atom stereocenters. The van der Waals surface area contributed by atoms with Crippen LogP contribution in [0.4, 0.5) is 8.78 Å². The van der Waals surface area contributed by atoms with E-state index in [0.717, 1.165) is 11.8 Å². The first kappa shape index (κ1) is 11.8. The predicted molar refractivity (Wildman–Crippen MR) is 61.7 cm³/mol. The number of nitrogens with zero attached hydrogens (tertiary/aromatic N) is 2. The maximum Gasteiger partial charge on any atom is 0.586 e. The van der Waals surface area contributed by atoms with Gasteiger partial charge in [-0.3, -0.25) is 5.10 Å². The van der Waals surface area contributed by atoms with Gasteiger partial charge >= 0.3 is 6.29 Å². The first-order valence-electron chi connectivity index (χ1n) is 5.09. The third-order valence-electron chi connectivity index (χ3n) is 2.44. The van der Waals surface area contributed by atoms with Gasteiger partial charge in [-0.1, -0.05) is 6.07 Å². The first-order valence-corrected chi connectivity index (χ1v) is 5.91. The number of nitrogens with one attached hydrogen (secondary N) is 1. The summed E-state index contributed by atoms with van der Waals surface area (Å²) in [4.78, 5) is 0.523. The molecule has 0 fully saturated rings. The highest BCUT2D eigenvalue weighted by Gasteiger charge is 2.44. The number of hydrogen-bond donors (Lipinski definition) is 1. The molecule has 2 heterocycles. The average molecular weight is 281 g/mol. The van der Waals surface area contributed by atoms with Crippen molar-refractivity contribution in [2.75, 3.05) is 0 Å². The standard InChI is InChI=1S/C11H5F2N3O2S/c12-11(13)17-7-3-1-2-6(10(7)18-11)9-8(19-5-14)4-15-16-9/h1-4H,(H,15,16). The van der Waals surface area contributed by atoms with Crippen LogP contribution in [0.1, 0.15) is 0 Å². The van der Waals surface area contributed by atoms with Crippen LogP contribution in [-0.4, -0.2) is 16.5 Å². The molecule has 1 N–H and O–H groups in total. The molecule has 96 valence electrons.